The molecule has 1 aromatic carbocycles. The van der Waals surface area contributed by atoms with Crippen molar-refractivity contribution in [3.05, 3.63) is 35.6 Å². The molecule has 1 aromatic rings. The molecule has 0 heterocycles. The molecule has 98 valence electrons. The molecule has 0 radical (unpaired) electrons. The van der Waals surface area contributed by atoms with Crippen LogP contribution in [0.15, 0.2) is 24.3 Å². The Hall–Kier alpha value is -1.38. The van der Waals surface area contributed by atoms with Gasteiger partial charge in [-0.3, -0.25) is 4.79 Å². The Morgan fingerprint density at radius 1 is 1.33 bits per heavy atom. The highest BCUT2D eigenvalue weighted by molar-refractivity contribution is 5.78. The van der Waals surface area contributed by atoms with E-state index in [2.05, 4.69) is 5.32 Å². The molecule has 0 spiro atoms. The van der Waals surface area contributed by atoms with E-state index < -0.39 is 0 Å². The molecular weight excluding hydrogens is 229 g/mol. The molecule has 1 aliphatic rings. The van der Waals surface area contributed by atoms with Gasteiger partial charge in [-0.25, -0.2) is 4.39 Å². The standard InChI is InChI=1S/C15H20FNO/c1-11(13-4-2-3-5-13)15(18)17-10-12-6-8-14(16)9-7-12/h6-9,11,13H,2-5,10H2,1H3,(H,17,18). The lowest BCUT2D eigenvalue weighted by Crippen LogP contribution is -2.32. The molecule has 1 atom stereocenters. The normalized spacial score (nSPS) is 17.7. The van der Waals surface area contributed by atoms with Crippen LogP contribution in [0.4, 0.5) is 4.39 Å². The van der Waals surface area contributed by atoms with Gasteiger partial charge in [0.25, 0.3) is 0 Å². The summed E-state index contributed by atoms with van der Waals surface area (Å²) in [5, 5.41) is 2.93. The number of halogens is 1. The van der Waals surface area contributed by atoms with E-state index in [9.17, 15) is 9.18 Å². The van der Waals surface area contributed by atoms with Crippen molar-refractivity contribution in [2.24, 2.45) is 11.8 Å². The van der Waals surface area contributed by atoms with Gasteiger partial charge in [0, 0.05) is 12.5 Å². The van der Waals surface area contributed by atoms with Crippen molar-refractivity contribution in [3.63, 3.8) is 0 Å². The van der Waals surface area contributed by atoms with Gasteiger partial charge in [-0.05, 0) is 36.5 Å². The van der Waals surface area contributed by atoms with E-state index in [1.807, 2.05) is 6.92 Å². The Bertz CT molecular complexity index is 395. The lowest BCUT2D eigenvalue weighted by molar-refractivity contribution is -0.126. The second-order valence-corrected chi connectivity index (χ2v) is 5.18. The summed E-state index contributed by atoms with van der Waals surface area (Å²) < 4.78 is 12.7. The highest BCUT2D eigenvalue weighted by Crippen LogP contribution is 2.31. The van der Waals surface area contributed by atoms with Crippen LogP contribution in [0.2, 0.25) is 0 Å². The maximum atomic E-state index is 12.7. The molecular formula is C15H20FNO. The molecule has 1 saturated carbocycles. The highest BCUT2D eigenvalue weighted by atomic mass is 19.1. The summed E-state index contributed by atoms with van der Waals surface area (Å²) in [5.74, 6) is 0.502. The molecule has 1 unspecified atom stereocenters. The van der Waals surface area contributed by atoms with Crippen molar-refractivity contribution >= 4 is 5.91 Å². The Labute approximate surface area is 108 Å². The zero-order chi connectivity index (χ0) is 13.0. The maximum Gasteiger partial charge on any atom is 0.223 e. The molecule has 18 heavy (non-hydrogen) atoms. The van der Waals surface area contributed by atoms with Crippen LogP contribution in [0.1, 0.15) is 38.2 Å². The summed E-state index contributed by atoms with van der Waals surface area (Å²) in [7, 11) is 0. The molecule has 0 saturated heterocycles. The molecule has 1 fully saturated rings. The predicted molar refractivity (Wildman–Crippen MR) is 69.4 cm³/mol. The van der Waals surface area contributed by atoms with Gasteiger partial charge < -0.3 is 5.32 Å². The second-order valence-electron chi connectivity index (χ2n) is 5.18. The number of carbonyl (C=O) groups excluding carboxylic acids is 1. The van der Waals surface area contributed by atoms with Crippen LogP contribution in [0.25, 0.3) is 0 Å². The summed E-state index contributed by atoms with van der Waals surface area (Å²) in [4.78, 5) is 12.0. The van der Waals surface area contributed by atoms with Crippen molar-refractivity contribution in [3.8, 4) is 0 Å². The minimum Gasteiger partial charge on any atom is -0.352 e. The number of nitrogens with one attached hydrogen (secondary N) is 1. The minimum atomic E-state index is -0.246. The molecule has 2 rings (SSSR count). The molecule has 0 bridgehead atoms. The van der Waals surface area contributed by atoms with Gasteiger partial charge >= 0.3 is 0 Å². The lowest BCUT2D eigenvalue weighted by atomic mass is 9.92. The number of benzene rings is 1. The predicted octanol–water partition coefficient (Wildman–Crippen LogP) is 3.27. The summed E-state index contributed by atoms with van der Waals surface area (Å²) >= 11 is 0. The lowest BCUT2D eigenvalue weighted by Gasteiger charge is -2.18. The zero-order valence-corrected chi connectivity index (χ0v) is 10.8. The summed E-state index contributed by atoms with van der Waals surface area (Å²) in [6.45, 7) is 2.49. The van der Waals surface area contributed by atoms with Crippen LogP contribution in [-0.4, -0.2) is 5.91 Å². The van der Waals surface area contributed by atoms with E-state index in [1.54, 1.807) is 12.1 Å². The summed E-state index contributed by atoms with van der Waals surface area (Å²) in [6.07, 6.45) is 4.84. The smallest absolute Gasteiger partial charge is 0.223 e. The van der Waals surface area contributed by atoms with Crippen molar-refractivity contribution in [1.82, 2.24) is 5.32 Å². The molecule has 0 aliphatic heterocycles. The third kappa shape index (κ3) is 3.31. The first-order valence-electron chi connectivity index (χ1n) is 6.69. The van der Waals surface area contributed by atoms with Crippen LogP contribution >= 0.6 is 0 Å². The Balaban J connectivity index is 1.82. The van der Waals surface area contributed by atoms with Crippen LogP contribution in [0, 0.1) is 17.7 Å². The van der Waals surface area contributed by atoms with Crippen molar-refractivity contribution < 1.29 is 9.18 Å². The topological polar surface area (TPSA) is 29.1 Å². The van der Waals surface area contributed by atoms with Gasteiger partial charge in [0.15, 0.2) is 0 Å². The quantitative estimate of drug-likeness (QED) is 0.871. The third-order valence-corrected chi connectivity index (χ3v) is 3.90. The monoisotopic (exact) mass is 249 g/mol. The number of amides is 1. The van der Waals surface area contributed by atoms with E-state index in [0.29, 0.717) is 12.5 Å². The largest absolute Gasteiger partial charge is 0.352 e. The van der Waals surface area contributed by atoms with Crippen LogP contribution < -0.4 is 5.32 Å². The average molecular weight is 249 g/mol. The van der Waals surface area contributed by atoms with Crippen LogP contribution in [0.3, 0.4) is 0 Å². The highest BCUT2D eigenvalue weighted by Gasteiger charge is 2.26. The van der Waals surface area contributed by atoms with E-state index in [0.717, 1.165) is 5.56 Å². The first kappa shape index (κ1) is 13.1. The minimum absolute atomic E-state index is 0.0907. The second kappa shape index (κ2) is 5.98. The Morgan fingerprint density at radius 3 is 2.56 bits per heavy atom. The number of hydrogen-bond acceptors (Lipinski definition) is 1. The van der Waals surface area contributed by atoms with Gasteiger partial charge in [0.1, 0.15) is 5.82 Å². The van der Waals surface area contributed by atoms with Crippen molar-refractivity contribution in [2.75, 3.05) is 0 Å². The molecule has 2 nitrogen and oxygen atoms in total. The number of hydrogen-bond donors (Lipinski definition) is 1. The van der Waals surface area contributed by atoms with E-state index in [1.165, 1.54) is 37.8 Å². The fourth-order valence-electron chi connectivity index (χ4n) is 2.62. The number of rotatable bonds is 4. The van der Waals surface area contributed by atoms with Crippen LogP contribution in [0.5, 0.6) is 0 Å². The van der Waals surface area contributed by atoms with E-state index in [4.69, 9.17) is 0 Å². The molecule has 1 N–H and O–H groups in total. The van der Waals surface area contributed by atoms with Gasteiger partial charge in [-0.1, -0.05) is 31.9 Å². The van der Waals surface area contributed by atoms with Crippen molar-refractivity contribution in [1.29, 1.82) is 0 Å². The first-order chi connectivity index (χ1) is 8.66. The van der Waals surface area contributed by atoms with Gasteiger partial charge in [0.2, 0.25) is 5.91 Å². The van der Waals surface area contributed by atoms with Crippen LogP contribution in [-0.2, 0) is 11.3 Å². The molecule has 3 heteroatoms. The zero-order valence-electron chi connectivity index (χ0n) is 10.8. The Kier molecular flexibility index (Phi) is 4.34. The fraction of sp³-hybridized carbons (Fsp3) is 0.533. The summed E-state index contributed by atoms with van der Waals surface area (Å²) in [6, 6.07) is 6.25. The maximum absolute atomic E-state index is 12.7. The molecule has 1 amide bonds. The Morgan fingerprint density at radius 2 is 1.94 bits per heavy atom. The summed E-state index contributed by atoms with van der Waals surface area (Å²) in [5.41, 5.74) is 0.934. The van der Waals surface area contributed by atoms with Crippen molar-refractivity contribution in [2.45, 2.75) is 39.2 Å². The number of carbonyl (C=O) groups is 1. The van der Waals surface area contributed by atoms with Gasteiger partial charge in [-0.2, -0.15) is 0 Å². The third-order valence-electron chi connectivity index (χ3n) is 3.90. The van der Waals surface area contributed by atoms with Gasteiger partial charge in [-0.15, -0.1) is 0 Å². The fourth-order valence-corrected chi connectivity index (χ4v) is 2.62. The molecule has 1 aliphatic carbocycles. The SMILES string of the molecule is CC(C(=O)NCc1ccc(F)cc1)C1CCCC1. The average Bonchev–Trinajstić information content (AvgIpc) is 2.90. The van der Waals surface area contributed by atoms with Gasteiger partial charge in [0.05, 0.1) is 0 Å². The van der Waals surface area contributed by atoms with E-state index >= 15 is 0 Å². The first-order valence-corrected chi connectivity index (χ1v) is 6.69. The molecule has 0 aromatic heterocycles. The van der Waals surface area contributed by atoms with E-state index in [-0.39, 0.29) is 17.6 Å².